The van der Waals surface area contributed by atoms with Crippen molar-refractivity contribution < 1.29 is 0 Å². The Hall–Kier alpha value is -1.30. The zero-order valence-corrected chi connectivity index (χ0v) is 8.21. The molecule has 1 aliphatic heterocycles. The van der Waals surface area contributed by atoms with Crippen molar-refractivity contribution in [1.82, 2.24) is 20.5 Å². The molecule has 1 aliphatic rings. The Morgan fingerprint density at radius 3 is 2.71 bits per heavy atom. The van der Waals surface area contributed by atoms with Gasteiger partial charge in [-0.05, 0) is 19.9 Å². The molecule has 3 N–H and O–H groups in total. The summed E-state index contributed by atoms with van der Waals surface area (Å²) in [4.78, 5) is 15.6. The van der Waals surface area contributed by atoms with Gasteiger partial charge in [0.2, 0.25) is 5.95 Å². The van der Waals surface area contributed by atoms with E-state index in [1.807, 2.05) is 7.05 Å². The summed E-state index contributed by atoms with van der Waals surface area (Å²) in [6.45, 7) is 1.87. The quantitative estimate of drug-likeness (QED) is 0.585. The van der Waals surface area contributed by atoms with Crippen LogP contribution in [0.15, 0.2) is 4.79 Å². The topological polar surface area (TPSA) is 76.8 Å². The standard InChI is InChI=1S/C8H15N5O/c1-9-6-2-4-13(5-3-6)7-10-8(14)12-11-7/h6,9H,2-5H2,1H3,(H2,10,11,12,14). The van der Waals surface area contributed by atoms with Crippen LogP contribution in [0.5, 0.6) is 0 Å². The van der Waals surface area contributed by atoms with Crippen molar-refractivity contribution in [3.05, 3.63) is 10.5 Å². The molecule has 1 aromatic rings. The van der Waals surface area contributed by atoms with Crippen molar-refractivity contribution >= 4 is 5.95 Å². The van der Waals surface area contributed by atoms with E-state index < -0.39 is 0 Å². The van der Waals surface area contributed by atoms with E-state index in [1.54, 1.807) is 0 Å². The second kappa shape index (κ2) is 3.83. The summed E-state index contributed by atoms with van der Waals surface area (Å²) >= 11 is 0. The third-order valence-electron chi connectivity index (χ3n) is 2.69. The summed E-state index contributed by atoms with van der Waals surface area (Å²) in [5.74, 6) is 0.657. The van der Waals surface area contributed by atoms with E-state index in [0.29, 0.717) is 12.0 Å². The van der Waals surface area contributed by atoms with Gasteiger partial charge < -0.3 is 10.2 Å². The van der Waals surface area contributed by atoms with Crippen molar-refractivity contribution in [1.29, 1.82) is 0 Å². The molecule has 1 aromatic heterocycles. The number of H-pyrrole nitrogens is 2. The Morgan fingerprint density at radius 2 is 2.21 bits per heavy atom. The first kappa shape index (κ1) is 9.26. The van der Waals surface area contributed by atoms with Gasteiger partial charge in [0.15, 0.2) is 0 Å². The maximum Gasteiger partial charge on any atom is 0.342 e. The van der Waals surface area contributed by atoms with Gasteiger partial charge in [-0.25, -0.2) is 9.89 Å². The van der Waals surface area contributed by atoms with Crippen LogP contribution in [0.4, 0.5) is 5.95 Å². The third kappa shape index (κ3) is 1.79. The molecule has 2 rings (SSSR count). The Morgan fingerprint density at radius 1 is 1.50 bits per heavy atom. The zero-order valence-electron chi connectivity index (χ0n) is 8.21. The summed E-state index contributed by atoms with van der Waals surface area (Å²) in [6, 6.07) is 0.594. The van der Waals surface area contributed by atoms with Crippen LogP contribution in [0.25, 0.3) is 0 Å². The molecule has 0 spiro atoms. The smallest absolute Gasteiger partial charge is 0.341 e. The maximum atomic E-state index is 10.8. The lowest BCUT2D eigenvalue weighted by molar-refractivity contribution is 0.439. The van der Waals surface area contributed by atoms with Gasteiger partial charge in [0.1, 0.15) is 0 Å². The zero-order chi connectivity index (χ0) is 9.97. The molecule has 6 heteroatoms. The van der Waals surface area contributed by atoms with Gasteiger partial charge in [0, 0.05) is 19.1 Å². The molecule has 0 aliphatic carbocycles. The van der Waals surface area contributed by atoms with Crippen molar-refractivity contribution in [2.75, 3.05) is 25.0 Å². The number of hydrogen-bond donors (Lipinski definition) is 3. The number of hydrogen-bond acceptors (Lipinski definition) is 4. The maximum absolute atomic E-state index is 10.8. The molecule has 1 fully saturated rings. The molecule has 0 atom stereocenters. The Labute approximate surface area is 81.7 Å². The molecule has 1 saturated heterocycles. The molecule has 78 valence electrons. The lowest BCUT2D eigenvalue weighted by Crippen LogP contribution is -2.41. The lowest BCUT2D eigenvalue weighted by Gasteiger charge is -2.31. The molecule has 0 unspecified atom stereocenters. The van der Waals surface area contributed by atoms with Crippen molar-refractivity contribution in [2.45, 2.75) is 18.9 Å². The van der Waals surface area contributed by atoms with Crippen LogP contribution in [-0.4, -0.2) is 41.4 Å². The number of nitrogens with zero attached hydrogens (tertiary/aromatic N) is 2. The summed E-state index contributed by atoms with van der Waals surface area (Å²) in [6.07, 6.45) is 2.18. The van der Waals surface area contributed by atoms with Crippen LogP contribution in [0, 0.1) is 0 Å². The van der Waals surface area contributed by atoms with Gasteiger partial charge in [-0.1, -0.05) is 0 Å². The molecular weight excluding hydrogens is 182 g/mol. The van der Waals surface area contributed by atoms with Gasteiger partial charge in [-0.2, -0.15) is 0 Å². The highest BCUT2D eigenvalue weighted by Crippen LogP contribution is 2.13. The van der Waals surface area contributed by atoms with Gasteiger partial charge in [0.25, 0.3) is 0 Å². The van der Waals surface area contributed by atoms with E-state index >= 15 is 0 Å². The van der Waals surface area contributed by atoms with Crippen LogP contribution in [0.1, 0.15) is 12.8 Å². The van der Waals surface area contributed by atoms with Crippen LogP contribution in [-0.2, 0) is 0 Å². The molecule has 14 heavy (non-hydrogen) atoms. The van der Waals surface area contributed by atoms with Gasteiger partial charge in [-0.15, -0.1) is 5.10 Å². The first-order valence-electron chi connectivity index (χ1n) is 4.86. The van der Waals surface area contributed by atoms with E-state index in [-0.39, 0.29) is 5.69 Å². The van der Waals surface area contributed by atoms with E-state index in [1.165, 1.54) is 0 Å². The second-order valence-corrected chi connectivity index (χ2v) is 3.55. The summed E-state index contributed by atoms with van der Waals surface area (Å²) in [5, 5.41) is 9.53. The average Bonchev–Trinajstić information content (AvgIpc) is 2.65. The van der Waals surface area contributed by atoms with E-state index in [9.17, 15) is 4.79 Å². The Bertz CT molecular complexity index is 336. The minimum atomic E-state index is -0.240. The molecule has 6 nitrogen and oxygen atoms in total. The Kier molecular flexibility index (Phi) is 2.53. The number of anilines is 1. The predicted molar refractivity (Wildman–Crippen MR) is 53.5 cm³/mol. The van der Waals surface area contributed by atoms with E-state index in [2.05, 4.69) is 25.4 Å². The number of aromatic nitrogens is 3. The molecule has 0 bridgehead atoms. The molecule has 0 amide bonds. The van der Waals surface area contributed by atoms with Gasteiger partial charge in [-0.3, -0.25) is 4.98 Å². The number of piperidine rings is 1. The third-order valence-corrected chi connectivity index (χ3v) is 2.69. The fourth-order valence-corrected chi connectivity index (χ4v) is 1.79. The van der Waals surface area contributed by atoms with Crippen LogP contribution in [0.2, 0.25) is 0 Å². The van der Waals surface area contributed by atoms with Crippen molar-refractivity contribution in [3.63, 3.8) is 0 Å². The van der Waals surface area contributed by atoms with E-state index in [4.69, 9.17) is 0 Å². The fourth-order valence-electron chi connectivity index (χ4n) is 1.79. The normalized spacial score (nSPS) is 18.8. The summed E-state index contributed by atoms with van der Waals surface area (Å²) < 4.78 is 0. The minimum absolute atomic E-state index is 0.240. The molecule has 0 aromatic carbocycles. The van der Waals surface area contributed by atoms with Crippen molar-refractivity contribution in [3.8, 4) is 0 Å². The highest BCUT2D eigenvalue weighted by atomic mass is 16.1. The average molecular weight is 197 g/mol. The highest BCUT2D eigenvalue weighted by Gasteiger charge is 2.19. The lowest BCUT2D eigenvalue weighted by atomic mass is 10.1. The van der Waals surface area contributed by atoms with Crippen LogP contribution in [0.3, 0.4) is 0 Å². The second-order valence-electron chi connectivity index (χ2n) is 3.55. The predicted octanol–water partition coefficient (Wildman–Crippen LogP) is -0.714. The number of rotatable bonds is 2. The first-order valence-corrected chi connectivity index (χ1v) is 4.86. The number of aromatic amines is 2. The summed E-state index contributed by atoms with van der Waals surface area (Å²) in [7, 11) is 1.98. The monoisotopic (exact) mass is 197 g/mol. The van der Waals surface area contributed by atoms with Crippen LogP contribution < -0.4 is 15.9 Å². The summed E-state index contributed by atoms with van der Waals surface area (Å²) in [5.41, 5.74) is -0.240. The highest BCUT2D eigenvalue weighted by molar-refractivity contribution is 5.27. The number of nitrogens with one attached hydrogen (secondary N) is 3. The van der Waals surface area contributed by atoms with Gasteiger partial charge in [0.05, 0.1) is 0 Å². The van der Waals surface area contributed by atoms with Crippen molar-refractivity contribution in [2.24, 2.45) is 0 Å². The van der Waals surface area contributed by atoms with Gasteiger partial charge >= 0.3 is 5.69 Å². The van der Waals surface area contributed by atoms with E-state index in [0.717, 1.165) is 25.9 Å². The minimum Gasteiger partial charge on any atom is -0.341 e. The molecule has 0 radical (unpaired) electrons. The fraction of sp³-hybridized carbons (Fsp3) is 0.750. The molecule has 0 saturated carbocycles. The first-order chi connectivity index (χ1) is 6.79. The largest absolute Gasteiger partial charge is 0.342 e. The molecular formula is C8H15N5O. The SMILES string of the molecule is CNC1CCN(c2n[nH]c(=O)[nH]2)CC1. The van der Waals surface area contributed by atoms with Crippen LogP contribution >= 0.6 is 0 Å². The molecule has 2 heterocycles. The Balaban J connectivity index is 1.98.